The molecular formula is C11H20O4S. The first-order valence-corrected chi connectivity index (χ1v) is 6.40. The van der Waals surface area contributed by atoms with Gasteiger partial charge in [0.1, 0.15) is 5.60 Å². The fourth-order valence-corrected chi connectivity index (χ4v) is 1.85. The van der Waals surface area contributed by atoms with Gasteiger partial charge in [0.2, 0.25) is 0 Å². The first kappa shape index (κ1) is 15.3. The summed E-state index contributed by atoms with van der Waals surface area (Å²) < 4.78 is 5.12. The van der Waals surface area contributed by atoms with Gasteiger partial charge in [-0.25, -0.2) is 0 Å². The molecule has 1 unspecified atom stereocenters. The first-order chi connectivity index (χ1) is 7.22. The first-order valence-electron chi connectivity index (χ1n) is 5.25. The van der Waals surface area contributed by atoms with Crippen molar-refractivity contribution in [2.45, 2.75) is 39.7 Å². The van der Waals surface area contributed by atoms with Crippen molar-refractivity contribution >= 4 is 23.7 Å². The van der Waals surface area contributed by atoms with Crippen molar-refractivity contribution in [3.63, 3.8) is 0 Å². The molecule has 1 atom stereocenters. The van der Waals surface area contributed by atoms with Gasteiger partial charge in [-0.1, -0.05) is 6.92 Å². The normalized spacial score (nSPS) is 13.2. The van der Waals surface area contributed by atoms with E-state index >= 15 is 0 Å². The van der Waals surface area contributed by atoms with Crippen LogP contribution in [0.25, 0.3) is 0 Å². The molecule has 0 rings (SSSR count). The van der Waals surface area contributed by atoms with Crippen LogP contribution in [0.4, 0.5) is 0 Å². The molecule has 0 bridgehead atoms. The van der Waals surface area contributed by atoms with Crippen molar-refractivity contribution in [1.29, 1.82) is 0 Å². The third kappa shape index (κ3) is 8.59. The number of carboxylic acids is 1. The Hall–Kier alpha value is -0.710. The highest BCUT2D eigenvalue weighted by molar-refractivity contribution is 7.99. The summed E-state index contributed by atoms with van der Waals surface area (Å²) in [6.45, 7) is 7.13. The molecule has 0 fully saturated rings. The van der Waals surface area contributed by atoms with E-state index in [1.54, 1.807) is 6.92 Å². The van der Waals surface area contributed by atoms with Gasteiger partial charge in [0.25, 0.3) is 0 Å². The second-order valence-corrected chi connectivity index (χ2v) is 5.80. The molecule has 16 heavy (non-hydrogen) atoms. The third-order valence-electron chi connectivity index (χ3n) is 1.66. The van der Waals surface area contributed by atoms with E-state index in [0.29, 0.717) is 17.9 Å². The summed E-state index contributed by atoms with van der Waals surface area (Å²) in [7, 11) is 0. The molecule has 0 amide bonds. The molecule has 94 valence electrons. The fourth-order valence-electron chi connectivity index (χ4n) is 0.879. The van der Waals surface area contributed by atoms with Crippen molar-refractivity contribution in [2.75, 3.05) is 11.5 Å². The zero-order valence-corrected chi connectivity index (χ0v) is 11.1. The molecular weight excluding hydrogens is 228 g/mol. The van der Waals surface area contributed by atoms with Crippen LogP contribution in [-0.2, 0) is 14.3 Å². The minimum absolute atomic E-state index is 0.233. The van der Waals surface area contributed by atoms with Crippen molar-refractivity contribution in [2.24, 2.45) is 5.92 Å². The highest BCUT2D eigenvalue weighted by Gasteiger charge is 2.16. The van der Waals surface area contributed by atoms with Crippen LogP contribution in [0.3, 0.4) is 0 Å². The van der Waals surface area contributed by atoms with E-state index in [0.717, 1.165) is 0 Å². The van der Waals surface area contributed by atoms with Gasteiger partial charge in [0.15, 0.2) is 0 Å². The van der Waals surface area contributed by atoms with Gasteiger partial charge in [0.05, 0.1) is 12.3 Å². The lowest BCUT2D eigenvalue weighted by Gasteiger charge is -2.19. The van der Waals surface area contributed by atoms with Gasteiger partial charge in [0, 0.05) is 11.5 Å². The Morgan fingerprint density at radius 2 is 1.94 bits per heavy atom. The Balaban J connectivity index is 3.60. The van der Waals surface area contributed by atoms with Crippen LogP contribution in [0, 0.1) is 5.92 Å². The van der Waals surface area contributed by atoms with Gasteiger partial charge in [-0.15, -0.1) is 0 Å². The highest BCUT2D eigenvalue weighted by atomic mass is 32.2. The quantitative estimate of drug-likeness (QED) is 0.576. The van der Waals surface area contributed by atoms with Crippen molar-refractivity contribution in [1.82, 2.24) is 0 Å². The maximum absolute atomic E-state index is 11.3. The number of hydrogen-bond donors (Lipinski definition) is 1. The van der Waals surface area contributed by atoms with Gasteiger partial charge in [-0.2, -0.15) is 11.8 Å². The number of carboxylic acid groups (broad SMARTS) is 1. The molecule has 0 radical (unpaired) electrons. The third-order valence-corrected chi connectivity index (χ3v) is 2.89. The van der Waals surface area contributed by atoms with E-state index in [4.69, 9.17) is 9.84 Å². The van der Waals surface area contributed by atoms with Gasteiger partial charge < -0.3 is 9.84 Å². The van der Waals surface area contributed by atoms with Crippen LogP contribution in [-0.4, -0.2) is 34.2 Å². The van der Waals surface area contributed by atoms with E-state index in [1.807, 2.05) is 20.8 Å². The van der Waals surface area contributed by atoms with Gasteiger partial charge in [-0.3, -0.25) is 9.59 Å². The number of carbonyl (C=O) groups excluding carboxylic acids is 1. The largest absolute Gasteiger partial charge is 0.481 e. The van der Waals surface area contributed by atoms with Crippen LogP contribution in [0.1, 0.15) is 34.1 Å². The number of rotatable bonds is 6. The lowest BCUT2D eigenvalue weighted by atomic mass is 10.2. The molecule has 0 heterocycles. The molecule has 5 heteroatoms. The van der Waals surface area contributed by atoms with Crippen LogP contribution >= 0.6 is 11.8 Å². The molecule has 1 N–H and O–H groups in total. The molecule has 0 aliphatic heterocycles. The van der Waals surface area contributed by atoms with Crippen LogP contribution in [0.5, 0.6) is 0 Å². The standard InChI is InChI=1S/C11H20O4S/c1-8(10(13)14)7-16-6-5-9(12)15-11(2,3)4/h8H,5-7H2,1-4H3,(H,13,14). The molecule has 0 aliphatic carbocycles. The topological polar surface area (TPSA) is 63.6 Å². The monoisotopic (exact) mass is 248 g/mol. The number of hydrogen-bond acceptors (Lipinski definition) is 4. The number of thioether (sulfide) groups is 1. The Kier molecular flexibility index (Phi) is 6.48. The zero-order chi connectivity index (χ0) is 12.8. The van der Waals surface area contributed by atoms with E-state index in [9.17, 15) is 9.59 Å². The predicted molar refractivity (Wildman–Crippen MR) is 64.6 cm³/mol. The molecule has 0 spiro atoms. The molecule has 0 aliphatic rings. The minimum Gasteiger partial charge on any atom is -0.481 e. The molecule has 0 saturated carbocycles. The number of esters is 1. The highest BCUT2D eigenvalue weighted by Crippen LogP contribution is 2.12. The molecule has 0 aromatic heterocycles. The molecule has 4 nitrogen and oxygen atoms in total. The second kappa shape index (κ2) is 6.78. The van der Waals surface area contributed by atoms with Crippen molar-refractivity contribution < 1.29 is 19.4 Å². The summed E-state index contributed by atoms with van der Waals surface area (Å²) in [4.78, 5) is 21.8. The Labute approximate surface area is 101 Å². The SMILES string of the molecule is CC(CSCCC(=O)OC(C)(C)C)C(=O)O. The zero-order valence-electron chi connectivity index (χ0n) is 10.3. The number of carbonyl (C=O) groups is 2. The van der Waals surface area contributed by atoms with E-state index in [2.05, 4.69) is 0 Å². The summed E-state index contributed by atoms with van der Waals surface area (Å²) in [5, 5.41) is 8.64. The van der Waals surface area contributed by atoms with Crippen molar-refractivity contribution in [3.05, 3.63) is 0 Å². The van der Waals surface area contributed by atoms with Gasteiger partial charge in [-0.05, 0) is 20.8 Å². The van der Waals surface area contributed by atoms with Crippen LogP contribution in [0.2, 0.25) is 0 Å². The summed E-state index contributed by atoms with van der Waals surface area (Å²) in [5.41, 5.74) is -0.448. The number of aliphatic carboxylic acids is 1. The predicted octanol–water partition coefficient (Wildman–Crippen LogP) is 2.17. The van der Waals surface area contributed by atoms with Gasteiger partial charge >= 0.3 is 11.9 Å². The molecule has 0 aromatic rings. The average Bonchev–Trinajstić information content (AvgIpc) is 2.08. The van der Waals surface area contributed by atoms with E-state index in [1.165, 1.54) is 11.8 Å². The molecule has 0 saturated heterocycles. The van der Waals surface area contributed by atoms with Crippen molar-refractivity contribution in [3.8, 4) is 0 Å². The smallest absolute Gasteiger partial charge is 0.307 e. The average molecular weight is 248 g/mol. The van der Waals surface area contributed by atoms with E-state index in [-0.39, 0.29) is 11.9 Å². The lowest BCUT2D eigenvalue weighted by Crippen LogP contribution is -2.24. The second-order valence-electron chi connectivity index (χ2n) is 4.65. The van der Waals surface area contributed by atoms with E-state index < -0.39 is 11.6 Å². The summed E-state index contributed by atoms with van der Waals surface area (Å²) in [6.07, 6.45) is 0.328. The Bertz CT molecular complexity index is 245. The molecule has 0 aromatic carbocycles. The maximum Gasteiger partial charge on any atom is 0.307 e. The number of ether oxygens (including phenoxy) is 1. The summed E-state index contributed by atoms with van der Waals surface area (Å²) >= 11 is 1.46. The Morgan fingerprint density at radius 3 is 2.38 bits per heavy atom. The summed E-state index contributed by atoms with van der Waals surface area (Å²) in [6, 6.07) is 0. The minimum atomic E-state index is -0.801. The lowest BCUT2D eigenvalue weighted by molar-refractivity contribution is -0.154. The Morgan fingerprint density at radius 1 is 1.38 bits per heavy atom. The van der Waals surface area contributed by atoms with Crippen LogP contribution < -0.4 is 0 Å². The fraction of sp³-hybridized carbons (Fsp3) is 0.818. The maximum atomic E-state index is 11.3. The van der Waals surface area contributed by atoms with Crippen LogP contribution in [0.15, 0.2) is 0 Å². The summed E-state index contributed by atoms with van der Waals surface area (Å²) in [5.74, 6) is -0.276.